The Morgan fingerprint density at radius 1 is 1.12 bits per heavy atom. The summed E-state index contributed by atoms with van der Waals surface area (Å²) >= 11 is 0. The Morgan fingerprint density at radius 2 is 1.82 bits per heavy atom. The van der Waals surface area contributed by atoms with Gasteiger partial charge in [0.15, 0.2) is 0 Å². The first-order chi connectivity index (χ1) is 8.10. The molecule has 5 heteroatoms. The van der Waals surface area contributed by atoms with E-state index in [0.29, 0.717) is 26.2 Å². The van der Waals surface area contributed by atoms with Gasteiger partial charge < -0.3 is 9.47 Å². The molecule has 0 aromatic heterocycles. The van der Waals surface area contributed by atoms with E-state index in [1.165, 1.54) is 0 Å². The van der Waals surface area contributed by atoms with Crippen molar-refractivity contribution >= 4 is 11.9 Å². The molecule has 0 aliphatic heterocycles. The van der Waals surface area contributed by atoms with Crippen LogP contribution in [0.4, 0.5) is 0 Å². The molecule has 0 atom stereocenters. The van der Waals surface area contributed by atoms with Crippen molar-refractivity contribution in [3.63, 3.8) is 0 Å². The van der Waals surface area contributed by atoms with Crippen LogP contribution in [-0.2, 0) is 19.1 Å². The van der Waals surface area contributed by atoms with E-state index in [9.17, 15) is 9.59 Å². The SMILES string of the molecule is CCCCOC(=O)CN(C)CCC(=O)OCC. The number of esters is 2. The molecule has 0 spiro atoms. The lowest BCUT2D eigenvalue weighted by Gasteiger charge is -2.14. The molecule has 0 saturated heterocycles. The highest BCUT2D eigenvalue weighted by Crippen LogP contribution is 1.94. The maximum atomic E-state index is 11.3. The molecule has 0 heterocycles. The number of nitrogens with zero attached hydrogens (tertiary/aromatic N) is 1. The van der Waals surface area contributed by atoms with Gasteiger partial charge in [-0.2, -0.15) is 0 Å². The van der Waals surface area contributed by atoms with Gasteiger partial charge in [-0.3, -0.25) is 14.5 Å². The standard InChI is InChI=1S/C12H23NO4/c1-4-6-9-17-12(15)10-13(3)8-7-11(14)16-5-2/h4-10H2,1-3H3. The average Bonchev–Trinajstić information content (AvgIpc) is 2.27. The van der Waals surface area contributed by atoms with Crippen molar-refractivity contribution in [3.05, 3.63) is 0 Å². The smallest absolute Gasteiger partial charge is 0.320 e. The fraction of sp³-hybridized carbons (Fsp3) is 0.833. The molecule has 100 valence electrons. The quantitative estimate of drug-likeness (QED) is 0.451. The van der Waals surface area contributed by atoms with Crippen molar-refractivity contribution in [1.29, 1.82) is 0 Å². The Hall–Kier alpha value is -1.10. The Kier molecular flexibility index (Phi) is 9.43. The molecule has 0 aromatic rings. The van der Waals surface area contributed by atoms with E-state index in [0.717, 1.165) is 12.8 Å². The highest BCUT2D eigenvalue weighted by Gasteiger charge is 2.09. The number of hydrogen-bond donors (Lipinski definition) is 0. The number of likely N-dealkylation sites (N-methyl/N-ethyl adjacent to an activating group) is 1. The topological polar surface area (TPSA) is 55.8 Å². The van der Waals surface area contributed by atoms with Crippen LogP contribution in [0.5, 0.6) is 0 Å². The molecule has 0 fully saturated rings. The number of unbranched alkanes of at least 4 members (excludes halogenated alkanes) is 1. The molecule has 0 amide bonds. The molecule has 0 rings (SSSR count). The van der Waals surface area contributed by atoms with Crippen molar-refractivity contribution in [2.75, 3.05) is 33.4 Å². The van der Waals surface area contributed by atoms with E-state index >= 15 is 0 Å². The van der Waals surface area contributed by atoms with Crippen molar-refractivity contribution in [2.24, 2.45) is 0 Å². The predicted molar refractivity (Wildman–Crippen MR) is 64.6 cm³/mol. The van der Waals surface area contributed by atoms with Gasteiger partial charge in [0, 0.05) is 6.54 Å². The molecular formula is C12H23NO4. The van der Waals surface area contributed by atoms with Gasteiger partial charge in [-0.25, -0.2) is 0 Å². The first-order valence-electron chi connectivity index (χ1n) is 6.09. The minimum Gasteiger partial charge on any atom is -0.466 e. The third kappa shape index (κ3) is 9.81. The fourth-order valence-electron chi connectivity index (χ4n) is 1.19. The van der Waals surface area contributed by atoms with E-state index in [1.807, 2.05) is 6.92 Å². The van der Waals surface area contributed by atoms with Gasteiger partial charge in [0.25, 0.3) is 0 Å². The van der Waals surface area contributed by atoms with Gasteiger partial charge in [0.1, 0.15) is 0 Å². The average molecular weight is 245 g/mol. The van der Waals surface area contributed by atoms with Gasteiger partial charge in [0.2, 0.25) is 0 Å². The molecule has 0 N–H and O–H groups in total. The van der Waals surface area contributed by atoms with E-state index in [2.05, 4.69) is 0 Å². The molecule has 0 aliphatic rings. The summed E-state index contributed by atoms with van der Waals surface area (Å²) in [5.41, 5.74) is 0. The van der Waals surface area contributed by atoms with Crippen LogP contribution in [0.1, 0.15) is 33.1 Å². The lowest BCUT2D eigenvalue weighted by molar-refractivity contribution is -0.147. The normalized spacial score (nSPS) is 10.4. The number of rotatable bonds is 9. The van der Waals surface area contributed by atoms with Crippen LogP contribution in [0.15, 0.2) is 0 Å². The first kappa shape index (κ1) is 15.9. The Labute approximate surface area is 103 Å². The summed E-state index contributed by atoms with van der Waals surface area (Å²) in [4.78, 5) is 24.2. The second-order valence-electron chi connectivity index (χ2n) is 3.87. The molecule has 0 radical (unpaired) electrons. The highest BCUT2D eigenvalue weighted by atomic mass is 16.5. The maximum Gasteiger partial charge on any atom is 0.320 e. The third-order valence-corrected chi connectivity index (χ3v) is 2.16. The highest BCUT2D eigenvalue weighted by molar-refractivity contribution is 5.72. The minimum atomic E-state index is -0.246. The number of ether oxygens (including phenoxy) is 2. The molecule has 5 nitrogen and oxygen atoms in total. The second-order valence-corrected chi connectivity index (χ2v) is 3.87. The Morgan fingerprint density at radius 3 is 2.41 bits per heavy atom. The van der Waals surface area contributed by atoms with Crippen LogP contribution in [-0.4, -0.2) is 50.2 Å². The minimum absolute atomic E-state index is 0.211. The van der Waals surface area contributed by atoms with Crippen molar-refractivity contribution < 1.29 is 19.1 Å². The lowest BCUT2D eigenvalue weighted by Crippen LogP contribution is -2.29. The van der Waals surface area contributed by atoms with E-state index < -0.39 is 0 Å². The first-order valence-corrected chi connectivity index (χ1v) is 6.09. The number of hydrogen-bond acceptors (Lipinski definition) is 5. The van der Waals surface area contributed by atoms with Crippen molar-refractivity contribution in [1.82, 2.24) is 4.90 Å². The Bertz CT molecular complexity index is 231. The molecule has 0 bridgehead atoms. The predicted octanol–water partition coefficient (Wildman–Crippen LogP) is 1.21. The summed E-state index contributed by atoms with van der Waals surface area (Å²) in [7, 11) is 1.78. The van der Waals surface area contributed by atoms with Gasteiger partial charge in [-0.15, -0.1) is 0 Å². The molecule has 0 saturated carbocycles. The van der Waals surface area contributed by atoms with Gasteiger partial charge in [-0.05, 0) is 20.4 Å². The summed E-state index contributed by atoms with van der Waals surface area (Å²) in [5.74, 6) is -0.483. The summed E-state index contributed by atoms with van der Waals surface area (Å²) in [6.07, 6.45) is 2.19. The summed E-state index contributed by atoms with van der Waals surface area (Å²) in [6, 6.07) is 0. The summed E-state index contributed by atoms with van der Waals surface area (Å²) in [6.45, 7) is 5.39. The monoisotopic (exact) mass is 245 g/mol. The number of carbonyl (C=O) groups is 2. The van der Waals surface area contributed by atoms with Crippen LogP contribution >= 0.6 is 0 Å². The van der Waals surface area contributed by atoms with Crippen molar-refractivity contribution in [2.45, 2.75) is 33.1 Å². The Balaban J connectivity index is 3.59. The van der Waals surface area contributed by atoms with Crippen molar-refractivity contribution in [3.8, 4) is 0 Å². The lowest BCUT2D eigenvalue weighted by atomic mass is 10.3. The van der Waals surface area contributed by atoms with E-state index in [1.54, 1.807) is 18.9 Å². The maximum absolute atomic E-state index is 11.3. The van der Waals surface area contributed by atoms with Crippen LogP contribution in [0.3, 0.4) is 0 Å². The molecule has 0 aromatic carbocycles. The van der Waals surface area contributed by atoms with Crippen LogP contribution in [0, 0.1) is 0 Å². The third-order valence-electron chi connectivity index (χ3n) is 2.16. The van der Waals surface area contributed by atoms with E-state index in [-0.39, 0.29) is 18.5 Å². The summed E-state index contributed by atoms with van der Waals surface area (Å²) in [5, 5.41) is 0. The molecule has 17 heavy (non-hydrogen) atoms. The van der Waals surface area contributed by atoms with Crippen LogP contribution < -0.4 is 0 Å². The molecular weight excluding hydrogens is 222 g/mol. The molecule has 0 unspecified atom stereocenters. The zero-order valence-electron chi connectivity index (χ0n) is 11.0. The zero-order chi connectivity index (χ0) is 13.1. The number of carbonyl (C=O) groups excluding carboxylic acids is 2. The van der Waals surface area contributed by atoms with E-state index in [4.69, 9.17) is 9.47 Å². The van der Waals surface area contributed by atoms with Crippen LogP contribution in [0.25, 0.3) is 0 Å². The zero-order valence-corrected chi connectivity index (χ0v) is 11.0. The van der Waals surface area contributed by atoms with Gasteiger partial charge in [0.05, 0.1) is 26.2 Å². The van der Waals surface area contributed by atoms with Crippen LogP contribution in [0.2, 0.25) is 0 Å². The second kappa shape index (κ2) is 10.1. The van der Waals surface area contributed by atoms with Gasteiger partial charge >= 0.3 is 11.9 Å². The fourth-order valence-corrected chi connectivity index (χ4v) is 1.19. The molecule has 0 aliphatic carbocycles. The van der Waals surface area contributed by atoms with Gasteiger partial charge in [-0.1, -0.05) is 13.3 Å². The summed E-state index contributed by atoms with van der Waals surface area (Å²) < 4.78 is 9.81. The largest absolute Gasteiger partial charge is 0.466 e.